The van der Waals surface area contributed by atoms with Crippen LogP contribution in [0.4, 0.5) is 25.8 Å². The van der Waals surface area contributed by atoms with Crippen molar-refractivity contribution in [3.63, 3.8) is 0 Å². The second kappa shape index (κ2) is 8.45. The normalized spacial score (nSPS) is 10.6. The number of aromatic nitrogens is 1. The van der Waals surface area contributed by atoms with E-state index in [1.165, 1.54) is 37.4 Å². The van der Waals surface area contributed by atoms with Crippen LogP contribution in [0.1, 0.15) is 21.6 Å². The minimum atomic E-state index is -0.868. The van der Waals surface area contributed by atoms with Crippen molar-refractivity contribution in [2.45, 2.75) is 13.8 Å². The maximum Gasteiger partial charge on any atom is 0.260 e. The molecular formula is C21H18ClF2N3O2. The molecular weight excluding hydrogens is 400 g/mol. The fourth-order valence-corrected chi connectivity index (χ4v) is 2.92. The fourth-order valence-electron chi connectivity index (χ4n) is 2.76. The first-order valence-electron chi connectivity index (χ1n) is 8.64. The van der Waals surface area contributed by atoms with E-state index in [4.69, 9.17) is 16.3 Å². The number of nitrogens with one attached hydrogen (secondary N) is 2. The van der Waals surface area contributed by atoms with Crippen molar-refractivity contribution in [2.75, 3.05) is 17.7 Å². The van der Waals surface area contributed by atoms with Gasteiger partial charge in [-0.2, -0.15) is 0 Å². The summed E-state index contributed by atoms with van der Waals surface area (Å²) in [5, 5.41) is 5.42. The van der Waals surface area contributed by atoms with Gasteiger partial charge < -0.3 is 15.4 Å². The van der Waals surface area contributed by atoms with Gasteiger partial charge in [0.1, 0.15) is 11.4 Å². The Labute approximate surface area is 171 Å². The molecule has 3 rings (SSSR count). The highest BCUT2D eigenvalue weighted by molar-refractivity contribution is 6.31. The molecule has 8 heteroatoms. The molecule has 150 valence electrons. The second-order valence-electron chi connectivity index (χ2n) is 6.31. The van der Waals surface area contributed by atoms with Crippen molar-refractivity contribution < 1.29 is 18.3 Å². The molecule has 0 atom stereocenters. The summed E-state index contributed by atoms with van der Waals surface area (Å²) in [6.07, 6.45) is 0. The van der Waals surface area contributed by atoms with Gasteiger partial charge in [0.2, 0.25) is 5.88 Å². The molecule has 0 saturated heterocycles. The molecule has 1 heterocycles. The van der Waals surface area contributed by atoms with Gasteiger partial charge in [-0.3, -0.25) is 4.79 Å². The fraction of sp³-hybridized carbons (Fsp3) is 0.143. The zero-order valence-electron chi connectivity index (χ0n) is 15.9. The lowest BCUT2D eigenvalue weighted by molar-refractivity contribution is 0.102. The number of amides is 1. The van der Waals surface area contributed by atoms with E-state index in [1.54, 1.807) is 26.0 Å². The highest BCUT2D eigenvalue weighted by Crippen LogP contribution is 2.30. The molecule has 0 aliphatic heterocycles. The van der Waals surface area contributed by atoms with E-state index in [9.17, 15) is 13.6 Å². The number of hydrogen-bond acceptors (Lipinski definition) is 4. The quantitative estimate of drug-likeness (QED) is 0.564. The Morgan fingerprint density at radius 1 is 1.03 bits per heavy atom. The largest absolute Gasteiger partial charge is 0.481 e. The lowest BCUT2D eigenvalue weighted by Crippen LogP contribution is -2.17. The van der Waals surface area contributed by atoms with Crippen molar-refractivity contribution >= 4 is 34.6 Å². The average molecular weight is 418 g/mol. The molecule has 1 aromatic heterocycles. The smallest absolute Gasteiger partial charge is 0.260 e. The van der Waals surface area contributed by atoms with Crippen LogP contribution in [0.3, 0.4) is 0 Å². The first kappa shape index (κ1) is 20.5. The SMILES string of the molecule is COc1ccc(NC(=O)c2c(Nc3ccc(F)cc3C)ccc(Cl)c2F)c(C)n1. The predicted octanol–water partition coefficient (Wildman–Crippen LogP) is 5.63. The molecule has 3 aromatic rings. The maximum absolute atomic E-state index is 14.8. The minimum Gasteiger partial charge on any atom is -0.481 e. The summed E-state index contributed by atoms with van der Waals surface area (Å²) in [6.45, 7) is 3.39. The zero-order valence-corrected chi connectivity index (χ0v) is 16.7. The third-order valence-electron chi connectivity index (χ3n) is 4.30. The van der Waals surface area contributed by atoms with E-state index in [2.05, 4.69) is 15.6 Å². The van der Waals surface area contributed by atoms with E-state index in [-0.39, 0.29) is 16.3 Å². The number of halogens is 3. The summed E-state index contributed by atoms with van der Waals surface area (Å²) in [5.41, 5.74) is 1.96. The van der Waals surface area contributed by atoms with Gasteiger partial charge in [0.05, 0.1) is 29.2 Å². The van der Waals surface area contributed by atoms with Gasteiger partial charge >= 0.3 is 0 Å². The molecule has 0 spiro atoms. The van der Waals surface area contributed by atoms with Crippen LogP contribution in [0.5, 0.6) is 5.88 Å². The molecule has 2 N–H and O–H groups in total. The molecule has 0 aliphatic carbocycles. The van der Waals surface area contributed by atoms with Crippen LogP contribution in [0, 0.1) is 25.5 Å². The summed E-state index contributed by atoms with van der Waals surface area (Å²) < 4.78 is 33.2. The molecule has 0 unspecified atom stereocenters. The minimum absolute atomic E-state index is 0.193. The Kier molecular flexibility index (Phi) is 5.98. The van der Waals surface area contributed by atoms with E-state index < -0.39 is 17.5 Å². The van der Waals surface area contributed by atoms with E-state index >= 15 is 0 Å². The molecule has 29 heavy (non-hydrogen) atoms. The highest BCUT2D eigenvalue weighted by atomic mass is 35.5. The number of carbonyl (C=O) groups is 1. The summed E-state index contributed by atoms with van der Waals surface area (Å²) >= 11 is 5.90. The number of benzene rings is 2. The lowest BCUT2D eigenvalue weighted by Gasteiger charge is -2.16. The summed E-state index contributed by atoms with van der Waals surface area (Å²) in [4.78, 5) is 17.1. The van der Waals surface area contributed by atoms with Crippen LogP contribution in [0.15, 0.2) is 42.5 Å². The lowest BCUT2D eigenvalue weighted by atomic mass is 10.1. The molecule has 0 radical (unpaired) electrons. The predicted molar refractivity (Wildman–Crippen MR) is 109 cm³/mol. The molecule has 0 aliphatic rings. The number of ether oxygens (including phenoxy) is 1. The van der Waals surface area contributed by atoms with Gasteiger partial charge in [-0.05, 0) is 55.8 Å². The molecule has 0 fully saturated rings. The molecule has 0 saturated carbocycles. The first-order chi connectivity index (χ1) is 13.8. The molecule has 0 bridgehead atoms. The number of carbonyl (C=O) groups excluding carboxylic acids is 1. The van der Waals surface area contributed by atoms with Crippen LogP contribution < -0.4 is 15.4 Å². The summed E-state index contributed by atoms with van der Waals surface area (Å²) in [6, 6.07) is 10.1. The van der Waals surface area contributed by atoms with Gasteiger partial charge in [0, 0.05) is 11.8 Å². The van der Waals surface area contributed by atoms with Gasteiger partial charge in [-0.25, -0.2) is 13.8 Å². The monoisotopic (exact) mass is 417 g/mol. The topological polar surface area (TPSA) is 63.2 Å². The third-order valence-corrected chi connectivity index (χ3v) is 4.59. The maximum atomic E-state index is 14.8. The van der Waals surface area contributed by atoms with E-state index in [0.717, 1.165) is 0 Å². The van der Waals surface area contributed by atoms with Gasteiger partial charge in [0.15, 0.2) is 5.82 Å². The van der Waals surface area contributed by atoms with Crippen molar-refractivity contribution in [3.05, 3.63) is 75.9 Å². The Hall–Kier alpha value is -3.19. The average Bonchev–Trinajstić information content (AvgIpc) is 2.68. The number of aryl methyl sites for hydroxylation is 2. The van der Waals surface area contributed by atoms with Crippen LogP contribution >= 0.6 is 11.6 Å². The third kappa shape index (κ3) is 4.46. The summed E-state index contributed by atoms with van der Waals surface area (Å²) in [7, 11) is 1.48. The number of hydrogen-bond donors (Lipinski definition) is 2. The number of pyridine rings is 1. The van der Waals surface area contributed by atoms with E-state index in [1.807, 2.05) is 0 Å². The molecule has 2 aromatic carbocycles. The van der Waals surface area contributed by atoms with Crippen molar-refractivity contribution in [3.8, 4) is 5.88 Å². The Balaban J connectivity index is 1.97. The standard InChI is InChI=1S/C21H18ClF2N3O2/c1-11-10-13(23)4-6-15(11)26-17-7-5-14(22)20(24)19(17)21(28)27-16-8-9-18(29-3)25-12(16)2/h4-10,26H,1-3H3,(H,27,28). The molecule has 5 nitrogen and oxygen atoms in total. The van der Waals surface area contributed by atoms with Crippen molar-refractivity contribution in [2.24, 2.45) is 0 Å². The van der Waals surface area contributed by atoms with Crippen molar-refractivity contribution in [1.82, 2.24) is 4.98 Å². The Morgan fingerprint density at radius 2 is 1.72 bits per heavy atom. The number of rotatable bonds is 5. The summed E-state index contributed by atoms with van der Waals surface area (Å²) in [5.74, 6) is -1.57. The van der Waals surface area contributed by atoms with Gasteiger partial charge in [-0.15, -0.1) is 0 Å². The highest BCUT2D eigenvalue weighted by Gasteiger charge is 2.21. The Morgan fingerprint density at radius 3 is 2.38 bits per heavy atom. The van der Waals surface area contributed by atoms with Crippen LogP contribution in [0.2, 0.25) is 5.02 Å². The number of methoxy groups -OCH3 is 1. The van der Waals surface area contributed by atoms with Crippen molar-refractivity contribution in [1.29, 1.82) is 0 Å². The zero-order chi connectivity index (χ0) is 21.1. The van der Waals surface area contributed by atoms with E-state index in [0.29, 0.717) is 28.5 Å². The Bertz CT molecular complexity index is 1090. The second-order valence-corrected chi connectivity index (χ2v) is 6.72. The molecule has 1 amide bonds. The van der Waals surface area contributed by atoms with Gasteiger partial charge in [-0.1, -0.05) is 11.6 Å². The number of nitrogens with zero attached hydrogens (tertiary/aromatic N) is 1. The van der Waals surface area contributed by atoms with Crippen LogP contribution in [-0.4, -0.2) is 18.0 Å². The van der Waals surface area contributed by atoms with Crippen LogP contribution in [0.25, 0.3) is 0 Å². The number of anilines is 3. The van der Waals surface area contributed by atoms with Crippen LogP contribution in [-0.2, 0) is 0 Å². The van der Waals surface area contributed by atoms with Gasteiger partial charge in [0.25, 0.3) is 5.91 Å². The first-order valence-corrected chi connectivity index (χ1v) is 9.02.